The number of benzene rings is 1. The fourth-order valence-corrected chi connectivity index (χ4v) is 2.62. The minimum absolute atomic E-state index is 0.161. The molecule has 0 unspecified atom stereocenters. The minimum Gasteiger partial charge on any atom is -0.392 e. The summed E-state index contributed by atoms with van der Waals surface area (Å²) in [6.07, 6.45) is 3.01. The second kappa shape index (κ2) is 4.98. The molecule has 0 heterocycles. The van der Waals surface area contributed by atoms with E-state index in [-0.39, 0.29) is 12.1 Å². The van der Waals surface area contributed by atoms with Crippen LogP contribution in [-0.2, 0) is 0 Å². The molecule has 88 valence electrons. The average molecular weight is 219 g/mol. The number of aryl methyl sites for hydroxylation is 1. The number of nitrogens with one attached hydrogen (secondary N) is 1. The zero-order valence-corrected chi connectivity index (χ0v) is 10.1. The number of hydrogen-bond donors (Lipinski definition) is 2. The second-order valence-corrected chi connectivity index (χ2v) is 4.85. The molecule has 1 aliphatic rings. The first-order chi connectivity index (χ1) is 7.68. The van der Waals surface area contributed by atoms with E-state index in [1.54, 1.807) is 0 Å². The van der Waals surface area contributed by atoms with Gasteiger partial charge in [-0.25, -0.2) is 0 Å². The molecule has 1 saturated carbocycles. The molecular formula is C14H21NO. The largest absolute Gasteiger partial charge is 0.392 e. The van der Waals surface area contributed by atoms with Crippen LogP contribution in [0.4, 0.5) is 0 Å². The highest BCUT2D eigenvalue weighted by molar-refractivity contribution is 5.28. The van der Waals surface area contributed by atoms with E-state index in [2.05, 4.69) is 43.4 Å². The molecule has 1 aromatic carbocycles. The Kier molecular flexibility index (Phi) is 3.62. The quantitative estimate of drug-likeness (QED) is 0.819. The lowest BCUT2D eigenvalue weighted by molar-refractivity contribution is 0.144. The Labute approximate surface area is 97.7 Å². The van der Waals surface area contributed by atoms with Crippen LogP contribution < -0.4 is 5.32 Å². The third-order valence-electron chi connectivity index (χ3n) is 3.60. The Balaban J connectivity index is 2.03. The molecular weight excluding hydrogens is 198 g/mol. The van der Waals surface area contributed by atoms with Crippen LogP contribution in [0.2, 0.25) is 0 Å². The summed E-state index contributed by atoms with van der Waals surface area (Å²) in [5.41, 5.74) is 2.65. The molecule has 0 bridgehead atoms. The molecule has 0 saturated heterocycles. The van der Waals surface area contributed by atoms with Gasteiger partial charge in [0.1, 0.15) is 0 Å². The van der Waals surface area contributed by atoms with Gasteiger partial charge < -0.3 is 10.4 Å². The number of hydrogen-bond acceptors (Lipinski definition) is 2. The van der Waals surface area contributed by atoms with Gasteiger partial charge in [-0.2, -0.15) is 0 Å². The van der Waals surface area contributed by atoms with Crippen molar-refractivity contribution >= 4 is 0 Å². The van der Waals surface area contributed by atoms with Crippen molar-refractivity contribution in [1.82, 2.24) is 5.32 Å². The third kappa shape index (κ3) is 2.45. The second-order valence-electron chi connectivity index (χ2n) is 4.85. The molecule has 1 fully saturated rings. The molecule has 2 N–H and O–H groups in total. The fraction of sp³-hybridized carbons (Fsp3) is 0.571. The first kappa shape index (κ1) is 11.6. The Hall–Kier alpha value is -0.860. The first-order valence-electron chi connectivity index (χ1n) is 6.18. The van der Waals surface area contributed by atoms with Crippen LogP contribution in [0.3, 0.4) is 0 Å². The van der Waals surface area contributed by atoms with E-state index in [0.717, 1.165) is 19.3 Å². The average Bonchev–Trinajstić information content (AvgIpc) is 2.65. The highest BCUT2D eigenvalue weighted by atomic mass is 16.3. The summed E-state index contributed by atoms with van der Waals surface area (Å²) in [4.78, 5) is 0. The smallest absolute Gasteiger partial charge is 0.0693 e. The fourth-order valence-electron chi connectivity index (χ4n) is 2.62. The van der Waals surface area contributed by atoms with Crippen LogP contribution in [0.25, 0.3) is 0 Å². The molecule has 0 aromatic heterocycles. The topological polar surface area (TPSA) is 32.3 Å². The molecule has 2 nitrogen and oxygen atoms in total. The van der Waals surface area contributed by atoms with E-state index in [4.69, 9.17) is 0 Å². The van der Waals surface area contributed by atoms with Crippen LogP contribution in [0.1, 0.15) is 43.4 Å². The van der Waals surface area contributed by atoms with Gasteiger partial charge in [0.25, 0.3) is 0 Å². The van der Waals surface area contributed by atoms with E-state index in [0.29, 0.717) is 6.04 Å². The van der Waals surface area contributed by atoms with Crippen molar-refractivity contribution in [2.75, 3.05) is 0 Å². The number of aliphatic hydroxyl groups is 1. The molecule has 3 atom stereocenters. The van der Waals surface area contributed by atoms with E-state index in [9.17, 15) is 5.11 Å². The van der Waals surface area contributed by atoms with Crippen LogP contribution in [0.5, 0.6) is 0 Å². The molecule has 1 aliphatic carbocycles. The zero-order chi connectivity index (χ0) is 11.5. The van der Waals surface area contributed by atoms with Gasteiger partial charge in [0, 0.05) is 12.1 Å². The van der Waals surface area contributed by atoms with Crippen LogP contribution in [-0.4, -0.2) is 17.3 Å². The minimum atomic E-state index is -0.161. The summed E-state index contributed by atoms with van der Waals surface area (Å²) in [6.45, 7) is 4.31. The summed E-state index contributed by atoms with van der Waals surface area (Å²) in [7, 11) is 0. The van der Waals surface area contributed by atoms with Gasteiger partial charge in [-0.3, -0.25) is 0 Å². The van der Waals surface area contributed by atoms with E-state index < -0.39 is 0 Å². The molecule has 2 rings (SSSR count). The SMILES string of the molecule is Cc1ccccc1[C@H](C)N[C@@H]1CCC[C@H]1O. The lowest BCUT2D eigenvalue weighted by Crippen LogP contribution is -2.37. The predicted molar refractivity (Wildman–Crippen MR) is 66.4 cm³/mol. The normalized spacial score (nSPS) is 26.9. The monoisotopic (exact) mass is 219 g/mol. The van der Waals surface area contributed by atoms with Gasteiger partial charge in [0.05, 0.1) is 6.10 Å². The van der Waals surface area contributed by atoms with E-state index in [1.807, 2.05) is 0 Å². The Morgan fingerprint density at radius 1 is 1.31 bits per heavy atom. The Morgan fingerprint density at radius 3 is 2.69 bits per heavy atom. The zero-order valence-electron chi connectivity index (χ0n) is 10.1. The maximum Gasteiger partial charge on any atom is 0.0693 e. The van der Waals surface area contributed by atoms with Gasteiger partial charge in [0.2, 0.25) is 0 Å². The van der Waals surface area contributed by atoms with E-state index >= 15 is 0 Å². The van der Waals surface area contributed by atoms with Crippen molar-refractivity contribution in [1.29, 1.82) is 0 Å². The maximum atomic E-state index is 9.79. The lowest BCUT2D eigenvalue weighted by atomic mass is 10.0. The standard InChI is InChI=1S/C14H21NO/c1-10-6-3-4-7-12(10)11(2)15-13-8-5-9-14(13)16/h3-4,6-7,11,13-16H,5,8-9H2,1-2H3/t11-,13+,14+/m0/s1. The van der Waals surface area contributed by atoms with Crippen molar-refractivity contribution in [3.63, 3.8) is 0 Å². The molecule has 2 heteroatoms. The first-order valence-corrected chi connectivity index (χ1v) is 6.18. The molecule has 0 amide bonds. The van der Waals surface area contributed by atoms with Gasteiger partial charge in [-0.05, 0) is 44.2 Å². The van der Waals surface area contributed by atoms with Crippen LogP contribution in [0, 0.1) is 6.92 Å². The van der Waals surface area contributed by atoms with Gasteiger partial charge in [0.15, 0.2) is 0 Å². The van der Waals surface area contributed by atoms with Crippen LogP contribution >= 0.6 is 0 Å². The van der Waals surface area contributed by atoms with E-state index in [1.165, 1.54) is 11.1 Å². The van der Waals surface area contributed by atoms with Crippen molar-refractivity contribution < 1.29 is 5.11 Å². The maximum absolute atomic E-state index is 9.79. The molecule has 0 aliphatic heterocycles. The van der Waals surface area contributed by atoms with Crippen molar-refractivity contribution in [3.05, 3.63) is 35.4 Å². The van der Waals surface area contributed by atoms with Crippen LogP contribution in [0.15, 0.2) is 24.3 Å². The predicted octanol–water partition coefficient (Wildman–Crippen LogP) is 2.56. The molecule has 0 spiro atoms. The summed E-state index contributed by atoms with van der Waals surface area (Å²) < 4.78 is 0. The lowest BCUT2D eigenvalue weighted by Gasteiger charge is -2.23. The summed E-state index contributed by atoms with van der Waals surface area (Å²) in [6, 6.07) is 9.03. The summed E-state index contributed by atoms with van der Waals surface area (Å²) in [5.74, 6) is 0. The highest BCUT2D eigenvalue weighted by Gasteiger charge is 2.26. The summed E-state index contributed by atoms with van der Waals surface area (Å²) >= 11 is 0. The van der Waals surface area contributed by atoms with Gasteiger partial charge in [-0.15, -0.1) is 0 Å². The highest BCUT2D eigenvalue weighted by Crippen LogP contribution is 2.23. The van der Waals surface area contributed by atoms with Crippen molar-refractivity contribution in [2.24, 2.45) is 0 Å². The van der Waals surface area contributed by atoms with Crippen molar-refractivity contribution in [3.8, 4) is 0 Å². The summed E-state index contributed by atoms with van der Waals surface area (Å²) in [5, 5.41) is 13.3. The third-order valence-corrected chi connectivity index (χ3v) is 3.60. The molecule has 16 heavy (non-hydrogen) atoms. The number of rotatable bonds is 3. The Morgan fingerprint density at radius 2 is 2.06 bits per heavy atom. The number of aliphatic hydroxyl groups excluding tert-OH is 1. The molecule has 1 aromatic rings. The van der Waals surface area contributed by atoms with Gasteiger partial charge >= 0.3 is 0 Å². The molecule has 0 radical (unpaired) electrons. The Bertz CT molecular complexity index is 350. The van der Waals surface area contributed by atoms with Crippen molar-refractivity contribution in [2.45, 2.75) is 51.3 Å². The van der Waals surface area contributed by atoms with Gasteiger partial charge in [-0.1, -0.05) is 24.3 Å².